The van der Waals surface area contributed by atoms with Gasteiger partial charge in [-0.05, 0) is 0 Å². The molecule has 0 aliphatic carbocycles. The summed E-state index contributed by atoms with van der Waals surface area (Å²) in [5.74, 6) is 0. The van der Waals surface area contributed by atoms with Crippen LogP contribution in [0.3, 0.4) is 0 Å². The maximum atomic E-state index is 5.37. The van der Waals surface area contributed by atoms with Gasteiger partial charge in [0.15, 0.2) is 0 Å². The van der Waals surface area contributed by atoms with E-state index in [0.29, 0.717) is 59.2 Å². The van der Waals surface area contributed by atoms with E-state index in [1.165, 1.54) is 0 Å². The third-order valence-corrected chi connectivity index (χ3v) is 2.23. The molecule has 0 aromatic heterocycles. The Morgan fingerprint density at radius 1 is 0.500 bits per heavy atom. The van der Waals surface area contributed by atoms with Crippen LogP contribution in [0.5, 0.6) is 0 Å². The van der Waals surface area contributed by atoms with Crippen molar-refractivity contribution >= 4 is 0 Å². The Labute approximate surface area is 122 Å². The Morgan fingerprint density at radius 2 is 0.850 bits per heavy atom. The SMILES string of the molecule is NCCN(CCN)CCN.NCCOCCOCCN. The maximum absolute atomic E-state index is 5.37. The van der Waals surface area contributed by atoms with Gasteiger partial charge in [-0.1, -0.05) is 0 Å². The molecule has 0 saturated carbocycles. The first-order valence-corrected chi connectivity index (χ1v) is 7.14. The fourth-order valence-electron chi connectivity index (χ4n) is 1.37. The molecule has 8 nitrogen and oxygen atoms in total. The molecule has 0 atom stereocenters. The minimum Gasteiger partial charge on any atom is -0.378 e. The van der Waals surface area contributed by atoms with Gasteiger partial charge in [-0.3, -0.25) is 4.90 Å². The average Bonchev–Trinajstić information content (AvgIpc) is 2.44. The molecule has 0 aliphatic heterocycles. The molecule has 124 valence electrons. The molecule has 0 heterocycles. The monoisotopic (exact) mass is 294 g/mol. The molecular weight excluding hydrogens is 260 g/mol. The van der Waals surface area contributed by atoms with Crippen molar-refractivity contribution in [2.45, 2.75) is 0 Å². The molecule has 0 bridgehead atoms. The van der Waals surface area contributed by atoms with Crippen LogP contribution in [-0.4, -0.2) is 83.7 Å². The van der Waals surface area contributed by atoms with Crippen LogP contribution in [0.4, 0.5) is 0 Å². The topological polar surface area (TPSA) is 152 Å². The smallest absolute Gasteiger partial charge is 0.0701 e. The Bertz CT molecular complexity index is 143. The zero-order chi connectivity index (χ0) is 15.5. The van der Waals surface area contributed by atoms with Crippen LogP contribution >= 0.6 is 0 Å². The first kappa shape index (κ1) is 22.0. The van der Waals surface area contributed by atoms with Crippen molar-refractivity contribution in [2.24, 2.45) is 28.7 Å². The van der Waals surface area contributed by atoms with Crippen molar-refractivity contribution in [3.05, 3.63) is 0 Å². The summed E-state index contributed by atoms with van der Waals surface area (Å²) in [6.07, 6.45) is 0. The molecule has 0 aromatic carbocycles. The Kier molecular flexibility index (Phi) is 23.1. The second-order valence-corrected chi connectivity index (χ2v) is 4.01. The summed E-state index contributed by atoms with van der Waals surface area (Å²) in [7, 11) is 0. The van der Waals surface area contributed by atoms with E-state index in [-0.39, 0.29) is 0 Å². The number of hydrogen-bond acceptors (Lipinski definition) is 8. The lowest BCUT2D eigenvalue weighted by Crippen LogP contribution is -2.37. The molecule has 0 rings (SSSR count). The first-order valence-electron chi connectivity index (χ1n) is 7.14. The van der Waals surface area contributed by atoms with E-state index in [1.807, 2.05) is 0 Å². The summed E-state index contributed by atoms with van der Waals surface area (Å²) in [6, 6.07) is 0. The normalized spacial score (nSPS) is 10.5. The molecule has 0 saturated heterocycles. The maximum Gasteiger partial charge on any atom is 0.0701 e. The van der Waals surface area contributed by atoms with Gasteiger partial charge in [-0.25, -0.2) is 0 Å². The lowest BCUT2D eigenvalue weighted by molar-refractivity contribution is 0.0538. The first-order chi connectivity index (χ1) is 9.76. The lowest BCUT2D eigenvalue weighted by Gasteiger charge is -2.18. The van der Waals surface area contributed by atoms with Gasteiger partial charge in [-0.15, -0.1) is 0 Å². The highest BCUT2D eigenvalue weighted by molar-refractivity contribution is 4.58. The van der Waals surface area contributed by atoms with Crippen molar-refractivity contribution in [3.8, 4) is 0 Å². The van der Waals surface area contributed by atoms with E-state index in [4.69, 9.17) is 38.1 Å². The number of nitrogens with zero attached hydrogens (tertiary/aromatic N) is 1. The van der Waals surface area contributed by atoms with Gasteiger partial charge in [0.2, 0.25) is 0 Å². The second kappa shape index (κ2) is 21.0. The molecule has 0 amide bonds. The second-order valence-electron chi connectivity index (χ2n) is 4.01. The highest BCUT2D eigenvalue weighted by Crippen LogP contribution is 1.81. The summed E-state index contributed by atoms with van der Waals surface area (Å²) in [4.78, 5) is 2.17. The van der Waals surface area contributed by atoms with E-state index >= 15 is 0 Å². The van der Waals surface area contributed by atoms with E-state index in [0.717, 1.165) is 19.6 Å². The highest BCUT2D eigenvalue weighted by atomic mass is 16.5. The number of rotatable bonds is 13. The molecule has 10 N–H and O–H groups in total. The lowest BCUT2D eigenvalue weighted by atomic mass is 10.4. The minimum absolute atomic E-state index is 0.566. The van der Waals surface area contributed by atoms with Crippen LogP contribution in [-0.2, 0) is 9.47 Å². The summed E-state index contributed by atoms with van der Waals surface area (Å²) in [5, 5.41) is 0. The predicted octanol–water partition coefficient (Wildman–Crippen LogP) is -2.90. The fraction of sp³-hybridized carbons (Fsp3) is 1.00. The average molecular weight is 294 g/mol. The Hall–Kier alpha value is -0.320. The summed E-state index contributed by atoms with van der Waals surface area (Å²) in [5.41, 5.74) is 26.5. The predicted molar refractivity (Wildman–Crippen MR) is 83.4 cm³/mol. The third-order valence-electron chi connectivity index (χ3n) is 2.23. The summed E-state index contributed by atoms with van der Waals surface area (Å²) in [6.45, 7) is 8.29. The molecule has 0 aromatic rings. The van der Waals surface area contributed by atoms with E-state index < -0.39 is 0 Å². The van der Waals surface area contributed by atoms with Crippen molar-refractivity contribution in [2.75, 3.05) is 78.8 Å². The minimum atomic E-state index is 0.566. The third kappa shape index (κ3) is 20.0. The van der Waals surface area contributed by atoms with Crippen LogP contribution in [0.15, 0.2) is 0 Å². The van der Waals surface area contributed by atoms with Crippen molar-refractivity contribution in [3.63, 3.8) is 0 Å². The molecule has 0 unspecified atom stereocenters. The Balaban J connectivity index is 0. The number of ether oxygens (including phenoxy) is 2. The van der Waals surface area contributed by atoms with Gasteiger partial charge in [0.25, 0.3) is 0 Å². The van der Waals surface area contributed by atoms with E-state index in [1.54, 1.807) is 0 Å². The van der Waals surface area contributed by atoms with Crippen molar-refractivity contribution in [1.82, 2.24) is 4.90 Å². The zero-order valence-corrected chi connectivity index (χ0v) is 12.6. The molecule has 0 spiro atoms. The number of hydrogen-bond donors (Lipinski definition) is 5. The summed E-state index contributed by atoms with van der Waals surface area (Å²) >= 11 is 0. The van der Waals surface area contributed by atoms with Gasteiger partial charge in [-0.2, -0.15) is 0 Å². The molecule has 0 radical (unpaired) electrons. The standard InChI is InChI=1S/C6H18N4.C6H16N2O2/c7-1-4-10(5-2-8)6-3-9;7-1-3-9-5-6-10-4-2-8/h1-9H2;1-8H2. The van der Waals surface area contributed by atoms with Crippen LogP contribution in [0, 0.1) is 0 Å². The molecule has 20 heavy (non-hydrogen) atoms. The van der Waals surface area contributed by atoms with Gasteiger partial charge >= 0.3 is 0 Å². The van der Waals surface area contributed by atoms with Gasteiger partial charge in [0.1, 0.15) is 0 Å². The van der Waals surface area contributed by atoms with E-state index in [2.05, 4.69) is 4.90 Å². The van der Waals surface area contributed by atoms with Crippen molar-refractivity contribution < 1.29 is 9.47 Å². The molecule has 0 fully saturated rings. The largest absolute Gasteiger partial charge is 0.378 e. The molecule has 8 heteroatoms. The van der Waals surface area contributed by atoms with Gasteiger partial charge < -0.3 is 38.1 Å². The quantitative estimate of drug-likeness (QED) is 0.227. The molecule has 0 aliphatic rings. The van der Waals surface area contributed by atoms with Gasteiger partial charge in [0, 0.05) is 52.4 Å². The highest BCUT2D eigenvalue weighted by Gasteiger charge is 1.98. The van der Waals surface area contributed by atoms with Crippen molar-refractivity contribution in [1.29, 1.82) is 0 Å². The van der Waals surface area contributed by atoms with Crippen LogP contribution in [0.25, 0.3) is 0 Å². The van der Waals surface area contributed by atoms with Crippen LogP contribution in [0.2, 0.25) is 0 Å². The molecular formula is C12H34N6O2. The summed E-state index contributed by atoms with van der Waals surface area (Å²) < 4.78 is 10.1. The fourth-order valence-corrected chi connectivity index (χ4v) is 1.37. The van der Waals surface area contributed by atoms with Crippen LogP contribution < -0.4 is 28.7 Å². The zero-order valence-electron chi connectivity index (χ0n) is 12.6. The Morgan fingerprint density at radius 3 is 1.10 bits per heavy atom. The van der Waals surface area contributed by atoms with Gasteiger partial charge in [0.05, 0.1) is 26.4 Å². The number of nitrogens with two attached hydrogens (primary N) is 5. The van der Waals surface area contributed by atoms with Crippen LogP contribution in [0.1, 0.15) is 0 Å². The van der Waals surface area contributed by atoms with E-state index in [9.17, 15) is 0 Å².